The summed E-state index contributed by atoms with van der Waals surface area (Å²) in [6.07, 6.45) is 6.19. The van der Waals surface area contributed by atoms with Crippen molar-refractivity contribution in [1.82, 2.24) is 5.32 Å². The van der Waals surface area contributed by atoms with Crippen LogP contribution in [0.2, 0.25) is 10.0 Å². The highest BCUT2D eigenvalue weighted by Crippen LogP contribution is 2.36. The molecule has 0 radical (unpaired) electrons. The van der Waals surface area contributed by atoms with Gasteiger partial charge in [-0.3, -0.25) is 0 Å². The highest BCUT2D eigenvalue weighted by Gasteiger charge is 2.30. The molecule has 3 atom stereocenters. The van der Waals surface area contributed by atoms with E-state index in [-0.39, 0.29) is 0 Å². The molecule has 1 aromatic rings. The van der Waals surface area contributed by atoms with E-state index >= 15 is 0 Å². The molecule has 1 nitrogen and oxygen atoms in total. The van der Waals surface area contributed by atoms with E-state index in [1.165, 1.54) is 25.7 Å². The van der Waals surface area contributed by atoms with Crippen LogP contribution < -0.4 is 5.32 Å². The van der Waals surface area contributed by atoms with Gasteiger partial charge in [-0.05, 0) is 61.8 Å². The van der Waals surface area contributed by atoms with Crippen LogP contribution in [0.15, 0.2) is 18.2 Å². The van der Waals surface area contributed by atoms with Crippen molar-refractivity contribution in [3.05, 3.63) is 33.8 Å². The fraction of sp³-hybridized carbons (Fsp3) is 0.647. The van der Waals surface area contributed by atoms with Gasteiger partial charge in [0.25, 0.3) is 0 Å². The maximum atomic E-state index is 6.34. The van der Waals surface area contributed by atoms with Gasteiger partial charge in [-0.1, -0.05) is 49.5 Å². The Bertz CT molecular complexity index is 413. The van der Waals surface area contributed by atoms with Crippen molar-refractivity contribution in [2.75, 3.05) is 6.54 Å². The van der Waals surface area contributed by atoms with Crippen molar-refractivity contribution in [2.24, 2.45) is 11.8 Å². The number of rotatable bonds is 5. The molecule has 0 aromatic heterocycles. The van der Waals surface area contributed by atoms with Crippen LogP contribution in [0.4, 0.5) is 0 Å². The van der Waals surface area contributed by atoms with E-state index in [0.29, 0.717) is 12.0 Å². The van der Waals surface area contributed by atoms with Gasteiger partial charge in [0, 0.05) is 16.1 Å². The molecule has 112 valence electrons. The molecule has 2 rings (SSSR count). The summed E-state index contributed by atoms with van der Waals surface area (Å²) in [5, 5.41) is 5.28. The highest BCUT2D eigenvalue weighted by atomic mass is 35.5. The Balaban J connectivity index is 2.14. The van der Waals surface area contributed by atoms with Crippen LogP contribution in [0.1, 0.15) is 45.1 Å². The fourth-order valence-electron chi connectivity index (χ4n) is 3.48. The molecule has 1 saturated carbocycles. The summed E-state index contributed by atoms with van der Waals surface area (Å²) in [4.78, 5) is 0. The number of hydrogen-bond acceptors (Lipinski definition) is 1. The van der Waals surface area contributed by atoms with Gasteiger partial charge in [-0.15, -0.1) is 0 Å². The van der Waals surface area contributed by atoms with Crippen molar-refractivity contribution in [3.63, 3.8) is 0 Å². The molecule has 1 N–H and O–H groups in total. The fourth-order valence-corrected chi connectivity index (χ4v) is 4.03. The van der Waals surface area contributed by atoms with E-state index < -0.39 is 0 Å². The van der Waals surface area contributed by atoms with Crippen LogP contribution in [-0.4, -0.2) is 12.6 Å². The molecular weight excluding hydrogens is 289 g/mol. The van der Waals surface area contributed by atoms with E-state index in [2.05, 4.69) is 19.2 Å². The summed E-state index contributed by atoms with van der Waals surface area (Å²) < 4.78 is 0. The van der Waals surface area contributed by atoms with Crippen molar-refractivity contribution in [1.29, 1.82) is 0 Å². The Labute approximate surface area is 133 Å². The van der Waals surface area contributed by atoms with Crippen LogP contribution in [0.5, 0.6) is 0 Å². The normalized spacial score (nSPS) is 26.7. The zero-order valence-electron chi connectivity index (χ0n) is 12.5. The van der Waals surface area contributed by atoms with E-state index in [4.69, 9.17) is 23.2 Å². The zero-order chi connectivity index (χ0) is 14.5. The van der Waals surface area contributed by atoms with Crippen LogP contribution in [-0.2, 0) is 6.42 Å². The first-order chi connectivity index (χ1) is 9.65. The largest absolute Gasteiger partial charge is 0.314 e. The maximum Gasteiger partial charge on any atom is 0.0452 e. The van der Waals surface area contributed by atoms with Crippen molar-refractivity contribution in [2.45, 2.75) is 52.0 Å². The van der Waals surface area contributed by atoms with Gasteiger partial charge in [0.1, 0.15) is 0 Å². The van der Waals surface area contributed by atoms with E-state index in [0.717, 1.165) is 34.5 Å². The first-order valence-corrected chi connectivity index (χ1v) is 8.57. The molecule has 0 spiro atoms. The summed E-state index contributed by atoms with van der Waals surface area (Å²) in [6.45, 7) is 5.53. The SMILES string of the molecule is CCNC1CCC(CC)CC1Cc1c(Cl)cccc1Cl. The maximum absolute atomic E-state index is 6.34. The van der Waals surface area contributed by atoms with Gasteiger partial charge in [-0.25, -0.2) is 0 Å². The average Bonchev–Trinajstić information content (AvgIpc) is 2.45. The van der Waals surface area contributed by atoms with Crippen LogP contribution >= 0.6 is 23.2 Å². The monoisotopic (exact) mass is 313 g/mol. The van der Waals surface area contributed by atoms with E-state index in [9.17, 15) is 0 Å². The summed E-state index contributed by atoms with van der Waals surface area (Å²) >= 11 is 12.7. The Morgan fingerprint density at radius 3 is 2.45 bits per heavy atom. The minimum atomic E-state index is 0.607. The standard InChI is InChI=1S/C17H25Cl2N/c1-3-12-8-9-17(20-4-2)13(10-12)11-14-15(18)6-5-7-16(14)19/h5-7,12-13,17,20H,3-4,8-11H2,1-2H3. The molecule has 0 saturated heterocycles. The van der Waals surface area contributed by atoms with Crippen LogP contribution in [0, 0.1) is 11.8 Å². The second-order valence-electron chi connectivity index (χ2n) is 5.92. The summed E-state index contributed by atoms with van der Waals surface area (Å²) in [5.41, 5.74) is 1.13. The second kappa shape index (κ2) is 7.68. The minimum absolute atomic E-state index is 0.607. The summed E-state index contributed by atoms with van der Waals surface area (Å²) in [5.74, 6) is 1.50. The van der Waals surface area contributed by atoms with Gasteiger partial charge < -0.3 is 5.32 Å². The molecule has 0 amide bonds. The third kappa shape index (κ3) is 3.90. The first kappa shape index (κ1) is 16.1. The van der Waals surface area contributed by atoms with Gasteiger partial charge in [0.05, 0.1) is 0 Å². The summed E-state index contributed by atoms with van der Waals surface area (Å²) in [6, 6.07) is 6.43. The molecule has 0 heterocycles. The van der Waals surface area contributed by atoms with Crippen molar-refractivity contribution in [3.8, 4) is 0 Å². The van der Waals surface area contributed by atoms with Crippen LogP contribution in [0.25, 0.3) is 0 Å². The Kier molecular flexibility index (Phi) is 6.20. The third-order valence-electron chi connectivity index (χ3n) is 4.66. The third-order valence-corrected chi connectivity index (χ3v) is 5.37. The topological polar surface area (TPSA) is 12.0 Å². The molecular formula is C17H25Cl2N. The number of hydrogen-bond donors (Lipinski definition) is 1. The zero-order valence-corrected chi connectivity index (χ0v) is 14.0. The molecule has 0 aliphatic heterocycles. The lowest BCUT2D eigenvalue weighted by Gasteiger charge is -2.37. The predicted octanol–water partition coefficient (Wildman–Crippen LogP) is 5.34. The van der Waals surface area contributed by atoms with E-state index in [1.807, 2.05) is 18.2 Å². The lowest BCUT2D eigenvalue weighted by Crippen LogP contribution is -2.41. The highest BCUT2D eigenvalue weighted by molar-refractivity contribution is 6.35. The van der Waals surface area contributed by atoms with Crippen molar-refractivity contribution >= 4 is 23.2 Å². The molecule has 3 unspecified atom stereocenters. The Morgan fingerprint density at radius 1 is 1.15 bits per heavy atom. The van der Waals surface area contributed by atoms with Gasteiger partial charge >= 0.3 is 0 Å². The van der Waals surface area contributed by atoms with Crippen molar-refractivity contribution < 1.29 is 0 Å². The molecule has 20 heavy (non-hydrogen) atoms. The first-order valence-electron chi connectivity index (χ1n) is 7.81. The van der Waals surface area contributed by atoms with Gasteiger partial charge in [-0.2, -0.15) is 0 Å². The summed E-state index contributed by atoms with van der Waals surface area (Å²) in [7, 11) is 0. The van der Waals surface area contributed by atoms with E-state index in [1.54, 1.807) is 0 Å². The average molecular weight is 314 g/mol. The lowest BCUT2D eigenvalue weighted by atomic mass is 9.74. The second-order valence-corrected chi connectivity index (χ2v) is 6.73. The predicted molar refractivity (Wildman–Crippen MR) is 88.8 cm³/mol. The number of benzene rings is 1. The molecule has 1 aliphatic carbocycles. The van der Waals surface area contributed by atoms with Crippen LogP contribution in [0.3, 0.4) is 0 Å². The molecule has 3 heteroatoms. The Hall–Kier alpha value is -0.240. The quantitative estimate of drug-likeness (QED) is 0.773. The molecule has 1 fully saturated rings. The van der Waals surface area contributed by atoms with Gasteiger partial charge in [0.2, 0.25) is 0 Å². The number of nitrogens with one attached hydrogen (secondary N) is 1. The Morgan fingerprint density at radius 2 is 1.85 bits per heavy atom. The lowest BCUT2D eigenvalue weighted by molar-refractivity contribution is 0.200. The smallest absolute Gasteiger partial charge is 0.0452 e. The number of halogens is 2. The molecule has 1 aromatic carbocycles. The minimum Gasteiger partial charge on any atom is -0.314 e. The molecule has 1 aliphatic rings. The molecule has 0 bridgehead atoms. The van der Waals surface area contributed by atoms with Gasteiger partial charge in [0.15, 0.2) is 0 Å².